The first kappa shape index (κ1) is 13.8. The molecule has 19 heavy (non-hydrogen) atoms. The van der Waals surface area contributed by atoms with Gasteiger partial charge in [0.2, 0.25) is 0 Å². The molecule has 0 bridgehead atoms. The van der Waals surface area contributed by atoms with Gasteiger partial charge in [0.15, 0.2) is 0 Å². The van der Waals surface area contributed by atoms with E-state index in [1.165, 1.54) is 0 Å². The summed E-state index contributed by atoms with van der Waals surface area (Å²) in [6.45, 7) is 7.87. The Hall–Kier alpha value is -1.60. The number of ether oxygens (including phenoxy) is 2. The average Bonchev–Trinajstić information content (AvgIpc) is 2.26. The van der Waals surface area contributed by atoms with Crippen LogP contribution in [-0.4, -0.2) is 23.3 Å². The van der Waals surface area contributed by atoms with E-state index in [1.807, 2.05) is 19.9 Å². The van der Waals surface area contributed by atoms with Crippen LogP contribution in [0.5, 0.6) is 5.75 Å². The molecule has 0 N–H and O–H groups in total. The third kappa shape index (κ3) is 3.24. The fraction of sp³-hybridized carbons (Fsp3) is 0.600. The van der Waals surface area contributed by atoms with Crippen LogP contribution in [0.15, 0.2) is 6.07 Å². The summed E-state index contributed by atoms with van der Waals surface area (Å²) in [6, 6.07) is 4.03. The molecule has 2 rings (SSSR count). The van der Waals surface area contributed by atoms with Crippen LogP contribution >= 0.6 is 0 Å². The van der Waals surface area contributed by atoms with Gasteiger partial charge in [-0.1, -0.05) is 0 Å². The molecule has 0 spiro atoms. The summed E-state index contributed by atoms with van der Waals surface area (Å²) in [4.78, 5) is 4.30. The zero-order valence-electron chi connectivity index (χ0n) is 11.9. The average molecular weight is 260 g/mol. The zero-order valence-corrected chi connectivity index (χ0v) is 11.9. The number of nitrogens with zero attached hydrogens (tertiary/aromatic N) is 2. The third-order valence-electron chi connectivity index (χ3n) is 3.35. The molecule has 0 aliphatic carbocycles. The van der Waals surface area contributed by atoms with Crippen molar-refractivity contribution in [2.75, 3.05) is 0 Å². The Morgan fingerprint density at radius 2 is 1.95 bits per heavy atom. The van der Waals surface area contributed by atoms with E-state index in [0.717, 1.165) is 24.2 Å². The standard InChI is InChI=1S/C15H20N2O2/c1-9-5-15(14(8-16)12(4)17-9)19-13-6-10(2)18-11(3)7-13/h5,10-11,13H,6-7H2,1-4H3. The second kappa shape index (κ2) is 5.58. The van der Waals surface area contributed by atoms with Crippen LogP contribution in [-0.2, 0) is 4.74 Å². The van der Waals surface area contributed by atoms with Gasteiger partial charge < -0.3 is 9.47 Å². The fourth-order valence-corrected chi connectivity index (χ4v) is 2.64. The molecule has 0 saturated carbocycles. The smallest absolute Gasteiger partial charge is 0.141 e. The summed E-state index contributed by atoms with van der Waals surface area (Å²) in [5.41, 5.74) is 2.14. The van der Waals surface area contributed by atoms with E-state index in [-0.39, 0.29) is 18.3 Å². The van der Waals surface area contributed by atoms with Crippen LogP contribution in [0.3, 0.4) is 0 Å². The number of rotatable bonds is 2. The van der Waals surface area contributed by atoms with Gasteiger partial charge in [0.1, 0.15) is 23.5 Å². The maximum atomic E-state index is 9.23. The third-order valence-corrected chi connectivity index (χ3v) is 3.35. The lowest BCUT2D eigenvalue weighted by molar-refractivity contribution is -0.0722. The normalized spacial score (nSPS) is 26.8. The minimum absolute atomic E-state index is 0.104. The largest absolute Gasteiger partial charge is 0.489 e. The van der Waals surface area contributed by atoms with Crippen molar-refractivity contribution in [3.05, 3.63) is 23.0 Å². The van der Waals surface area contributed by atoms with E-state index in [2.05, 4.69) is 24.9 Å². The van der Waals surface area contributed by atoms with Crippen molar-refractivity contribution in [2.45, 2.75) is 58.8 Å². The first-order valence-electron chi connectivity index (χ1n) is 6.70. The van der Waals surface area contributed by atoms with E-state index >= 15 is 0 Å². The summed E-state index contributed by atoms with van der Waals surface area (Å²) < 4.78 is 11.7. The van der Waals surface area contributed by atoms with Crippen molar-refractivity contribution in [1.29, 1.82) is 5.26 Å². The highest BCUT2D eigenvalue weighted by molar-refractivity contribution is 5.46. The molecule has 1 saturated heterocycles. The van der Waals surface area contributed by atoms with Crippen LogP contribution in [0, 0.1) is 25.2 Å². The molecule has 2 unspecified atom stereocenters. The van der Waals surface area contributed by atoms with E-state index in [9.17, 15) is 5.26 Å². The molecule has 1 fully saturated rings. The van der Waals surface area contributed by atoms with Gasteiger partial charge in [-0.25, -0.2) is 0 Å². The maximum absolute atomic E-state index is 9.23. The number of pyridine rings is 1. The van der Waals surface area contributed by atoms with Crippen molar-refractivity contribution in [3.63, 3.8) is 0 Å². The Bertz CT molecular complexity index is 498. The highest BCUT2D eigenvalue weighted by atomic mass is 16.5. The van der Waals surface area contributed by atoms with Gasteiger partial charge >= 0.3 is 0 Å². The summed E-state index contributed by atoms with van der Waals surface area (Å²) in [7, 11) is 0. The predicted molar refractivity (Wildman–Crippen MR) is 72.1 cm³/mol. The van der Waals surface area contributed by atoms with Crippen LogP contribution in [0.2, 0.25) is 0 Å². The molecule has 2 atom stereocenters. The lowest BCUT2D eigenvalue weighted by Gasteiger charge is -2.32. The Morgan fingerprint density at radius 3 is 2.53 bits per heavy atom. The molecule has 0 amide bonds. The van der Waals surface area contributed by atoms with Crippen LogP contribution in [0.1, 0.15) is 43.6 Å². The molecule has 1 aromatic heterocycles. The van der Waals surface area contributed by atoms with E-state index in [0.29, 0.717) is 11.3 Å². The van der Waals surface area contributed by atoms with Crippen LogP contribution < -0.4 is 4.74 Å². The highest BCUT2D eigenvalue weighted by Crippen LogP contribution is 2.27. The Balaban J connectivity index is 2.21. The molecule has 4 heteroatoms. The first-order valence-corrected chi connectivity index (χ1v) is 6.70. The Morgan fingerprint density at radius 1 is 1.32 bits per heavy atom. The monoisotopic (exact) mass is 260 g/mol. The summed E-state index contributed by atoms with van der Waals surface area (Å²) in [5, 5.41) is 9.23. The summed E-state index contributed by atoms with van der Waals surface area (Å²) in [6.07, 6.45) is 2.21. The van der Waals surface area contributed by atoms with Gasteiger partial charge in [-0.05, 0) is 27.7 Å². The van der Waals surface area contributed by atoms with Gasteiger partial charge in [-0.2, -0.15) is 5.26 Å². The van der Waals surface area contributed by atoms with Gasteiger partial charge in [0, 0.05) is 24.6 Å². The fourth-order valence-electron chi connectivity index (χ4n) is 2.64. The number of aryl methyl sites for hydroxylation is 2. The van der Waals surface area contributed by atoms with E-state index in [1.54, 1.807) is 0 Å². The van der Waals surface area contributed by atoms with E-state index in [4.69, 9.17) is 9.47 Å². The quantitative estimate of drug-likeness (QED) is 0.820. The van der Waals surface area contributed by atoms with Crippen molar-refractivity contribution in [3.8, 4) is 11.8 Å². The van der Waals surface area contributed by atoms with Gasteiger partial charge in [0.05, 0.1) is 17.9 Å². The SMILES string of the molecule is Cc1cc(OC2CC(C)OC(C)C2)c(C#N)c(C)n1. The molecule has 2 heterocycles. The highest BCUT2D eigenvalue weighted by Gasteiger charge is 2.26. The van der Waals surface area contributed by atoms with Crippen LogP contribution in [0.4, 0.5) is 0 Å². The molecular formula is C15H20N2O2. The second-order valence-electron chi connectivity index (χ2n) is 5.30. The molecule has 1 aromatic rings. The topological polar surface area (TPSA) is 55.1 Å². The molecular weight excluding hydrogens is 240 g/mol. The Labute approximate surface area is 114 Å². The lowest BCUT2D eigenvalue weighted by atomic mass is 10.0. The van der Waals surface area contributed by atoms with Crippen molar-refractivity contribution in [1.82, 2.24) is 4.98 Å². The van der Waals surface area contributed by atoms with Crippen LogP contribution in [0.25, 0.3) is 0 Å². The lowest BCUT2D eigenvalue weighted by Crippen LogP contribution is -2.35. The summed E-state index contributed by atoms with van der Waals surface area (Å²) >= 11 is 0. The van der Waals surface area contributed by atoms with Gasteiger partial charge in [-0.15, -0.1) is 0 Å². The predicted octanol–water partition coefficient (Wildman–Crippen LogP) is 2.90. The molecule has 0 aromatic carbocycles. The number of hydrogen-bond donors (Lipinski definition) is 0. The Kier molecular flexibility index (Phi) is 4.06. The molecule has 1 aliphatic rings. The van der Waals surface area contributed by atoms with Gasteiger partial charge in [0.25, 0.3) is 0 Å². The molecule has 102 valence electrons. The number of aromatic nitrogens is 1. The summed E-state index contributed by atoms with van der Waals surface area (Å²) in [5.74, 6) is 0.652. The minimum Gasteiger partial charge on any atom is -0.489 e. The first-order chi connectivity index (χ1) is 8.99. The van der Waals surface area contributed by atoms with Gasteiger partial charge in [-0.3, -0.25) is 4.98 Å². The molecule has 4 nitrogen and oxygen atoms in total. The van der Waals surface area contributed by atoms with Crippen molar-refractivity contribution >= 4 is 0 Å². The van der Waals surface area contributed by atoms with Crippen molar-refractivity contribution in [2.24, 2.45) is 0 Å². The zero-order chi connectivity index (χ0) is 14.0. The number of hydrogen-bond acceptors (Lipinski definition) is 4. The van der Waals surface area contributed by atoms with Crippen molar-refractivity contribution < 1.29 is 9.47 Å². The maximum Gasteiger partial charge on any atom is 0.141 e. The molecule has 0 radical (unpaired) electrons. The number of nitriles is 1. The van der Waals surface area contributed by atoms with E-state index < -0.39 is 0 Å². The minimum atomic E-state index is 0.104. The second-order valence-corrected chi connectivity index (χ2v) is 5.30. The molecule has 1 aliphatic heterocycles.